The Morgan fingerprint density at radius 3 is 2.62 bits per heavy atom. The van der Waals surface area contributed by atoms with Gasteiger partial charge in [-0.3, -0.25) is 4.99 Å². The standard InChI is InChI=1S/C19H16N2O3/c1-12-18(19(22)23)16-9-13(7-8-17(16)24-12)14(10-20)11-21-15-5-3-2-4-6-15/h2-11H,20H2,1H3,(H,22,23)/b14-10+,21-11?. The molecule has 0 radical (unpaired) electrons. The van der Waals surface area contributed by atoms with Crippen LogP contribution < -0.4 is 5.73 Å². The first kappa shape index (κ1) is 15.6. The summed E-state index contributed by atoms with van der Waals surface area (Å²) in [4.78, 5) is 15.8. The number of nitrogens with zero attached hydrogens (tertiary/aromatic N) is 1. The van der Waals surface area contributed by atoms with Crippen molar-refractivity contribution in [2.75, 3.05) is 0 Å². The molecule has 2 aromatic carbocycles. The molecule has 5 nitrogen and oxygen atoms in total. The number of furan rings is 1. The molecule has 1 heterocycles. The minimum atomic E-state index is -1.01. The first-order chi connectivity index (χ1) is 11.6. The summed E-state index contributed by atoms with van der Waals surface area (Å²) in [5.74, 6) is -0.634. The summed E-state index contributed by atoms with van der Waals surface area (Å²) in [5, 5.41) is 9.91. The third-order valence-electron chi connectivity index (χ3n) is 3.70. The van der Waals surface area contributed by atoms with E-state index in [1.807, 2.05) is 36.4 Å². The maximum Gasteiger partial charge on any atom is 0.339 e. The lowest BCUT2D eigenvalue weighted by Gasteiger charge is -2.02. The number of nitrogens with two attached hydrogens (primary N) is 1. The number of benzene rings is 2. The lowest BCUT2D eigenvalue weighted by Crippen LogP contribution is -1.97. The van der Waals surface area contributed by atoms with Gasteiger partial charge in [0.2, 0.25) is 0 Å². The number of aliphatic imine (C=N–C) groups is 1. The molecule has 3 rings (SSSR count). The monoisotopic (exact) mass is 320 g/mol. The Labute approximate surface area is 138 Å². The summed E-state index contributed by atoms with van der Waals surface area (Å²) in [6.45, 7) is 1.64. The maximum absolute atomic E-state index is 11.4. The van der Waals surface area contributed by atoms with Gasteiger partial charge >= 0.3 is 5.97 Å². The zero-order valence-electron chi connectivity index (χ0n) is 13.1. The van der Waals surface area contributed by atoms with Crippen molar-refractivity contribution in [1.82, 2.24) is 0 Å². The van der Waals surface area contributed by atoms with E-state index in [-0.39, 0.29) is 5.56 Å². The molecule has 0 amide bonds. The van der Waals surface area contributed by atoms with Crippen molar-refractivity contribution >= 4 is 34.4 Å². The predicted molar refractivity (Wildman–Crippen MR) is 94.7 cm³/mol. The van der Waals surface area contributed by atoms with E-state index in [9.17, 15) is 9.90 Å². The van der Waals surface area contributed by atoms with Crippen molar-refractivity contribution in [2.45, 2.75) is 6.92 Å². The number of aryl methyl sites for hydroxylation is 1. The van der Waals surface area contributed by atoms with Crippen LogP contribution in [0.15, 0.2) is 64.1 Å². The van der Waals surface area contributed by atoms with E-state index in [1.54, 1.807) is 25.3 Å². The average molecular weight is 320 g/mol. The van der Waals surface area contributed by atoms with Crippen LogP contribution in [0.25, 0.3) is 16.5 Å². The minimum absolute atomic E-state index is 0.170. The van der Waals surface area contributed by atoms with E-state index in [4.69, 9.17) is 10.2 Å². The van der Waals surface area contributed by atoms with E-state index < -0.39 is 5.97 Å². The largest absolute Gasteiger partial charge is 0.478 e. The lowest BCUT2D eigenvalue weighted by atomic mass is 10.0. The van der Waals surface area contributed by atoms with Crippen LogP contribution in [0.3, 0.4) is 0 Å². The van der Waals surface area contributed by atoms with E-state index in [1.165, 1.54) is 6.20 Å². The van der Waals surface area contributed by atoms with Crippen molar-refractivity contribution < 1.29 is 14.3 Å². The number of carbonyl (C=O) groups is 1. The third kappa shape index (κ3) is 2.92. The first-order valence-electron chi connectivity index (χ1n) is 7.38. The minimum Gasteiger partial charge on any atom is -0.478 e. The van der Waals surface area contributed by atoms with Gasteiger partial charge in [0.15, 0.2) is 0 Å². The van der Waals surface area contributed by atoms with E-state index >= 15 is 0 Å². The molecule has 0 saturated carbocycles. The van der Waals surface area contributed by atoms with E-state index in [0.717, 1.165) is 11.3 Å². The Bertz CT molecular complexity index is 953. The molecule has 5 heteroatoms. The van der Waals surface area contributed by atoms with E-state index in [2.05, 4.69) is 4.99 Å². The summed E-state index contributed by atoms with van der Waals surface area (Å²) in [6.07, 6.45) is 3.10. The zero-order chi connectivity index (χ0) is 17.1. The summed E-state index contributed by atoms with van der Waals surface area (Å²) in [6, 6.07) is 14.8. The Balaban J connectivity index is 2.02. The van der Waals surface area contributed by atoms with Crippen molar-refractivity contribution in [1.29, 1.82) is 0 Å². The molecule has 0 aliphatic carbocycles. The number of allylic oxidation sites excluding steroid dienone is 1. The molecule has 120 valence electrons. The highest BCUT2D eigenvalue weighted by Crippen LogP contribution is 2.28. The van der Waals surface area contributed by atoms with Crippen molar-refractivity contribution in [3.8, 4) is 0 Å². The number of aromatic carboxylic acids is 1. The predicted octanol–water partition coefficient (Wildman–Crippen LogP) is 4.14. The fourth-order valence-electron chi connectivity index (χ4n) is 2.54. The third-order valence-corrected chi connectivity index (χ3v) is 3.70. The smallest absolute Gasteiger partial charge is 0.339 e. The van der Waals surface area contributed by atoms with Crippen molar-refractivity contribution in [3.63, 3.8) is 0 Å². The van der Waals surface area contributed by atoms with Crippen molar-refractivity contribution in [2.24, 2.45) is 10.7 Å². The van der Waals surface area contributed by atoms with Crippen molar-refractivity contribution in [3.05, 3.63) is 71.6 Å². The molecule has 0 fully saturated rings. The zero-order valence-corrected chi connectivity index (χ0v) is 13.1. The number of carboxylic acids is 1. The molecule has 0 bridgehead atoms. The second-order valence-electron chi connectivity index (χ2n) is 5.27. The van der Waals surface area contributed by atoms with Crippen LogP contribution in [0.5, 0.6) is 0 Å². The van der Waals surface area contributed by atoms with Gasteiger partial charge in [-0.25, -0.2) is 4.79 Å². The van der Waals surface area contributed by atoms with E-state index in [0.29, 0.717) is 22.3 Å². The highest BCUT2D eigenvalue weighted by Gasteiger charge is 2.17. The van der Waals surface area contributed by atoms with Crippen LogP contribution in [0, 0.1) is 6.92 Å². The van der Waals surface area contributed by atoms with Crippen LogP contribution >= 0.6 is 0 Å². The Morgan fingerprint density at radius 2 is 1.96 bits per heavy atom. The van der Waals surface area contributed by atoms with Gasteiger partial charge in [0.05, 0.1) is 5.69 Å². The molecular weight excluding hydrogens is 304 g/mol. The highest BCUT2D eigenvalue weighted by molar-refractivity contribution is 6.12. The summed E-state index contributed by atoms with van der Waals surface area (Å²) in [5.41, 5.74) is 8.70. The Hall–Kier alpha value is -3.34. The van der Waals surface area contributed by atoms with Gasteiger partial charge in [-0.2, -0.15) is 0 Å². The number of para-hydroxylation sites is 1. The molecule has 0 spiro atoms. The molecule has 3 aromatic rings. The molecule has 0 aliphatic heterocycles. The average Bonchev–Trinajstić information content (AvgIpc) is 2.91. The van der Waals surface area contributed by atoms with Gasteiger partial charge in [0.1, 0.15) is 16.9 Å². The summed E-state index contributed by atoms with van der Waals surface area (Å²) in [7, 11) is 0. The number of rotatable bonds is 4. The van der Waals surface area contributed by atoms with Gasteiger partial charge in [0, 0.05) is 23.4 Å². The van der Waals surface area contributed by atoms with Gasteiger partial charge in [-0.15, -0.1) is 0 Å². The molecule has 0 atom stereocenters. The van der Waals surface area contributed by atoms with Gasteiger partial charge in [0.25, 0.3) is 0 Å². The van der Waals surface area contributed by atoms with Gasteiger partial charge in [-0.05, 0) is 36.8 Å². The topological polar surface area (TPSA) is 88.8 Å². The molecule has 0 unspecified atom stereocenters. The normalized spacial score (nSPS) is 12.1. The molecule has 0 aliphatic rings. The maximum atomic E-state index is 11.4. The van der Waals surface area contributed by atoms with Crippen LogP contribution in [-0.4, -0.2) is 17.3 Å². The van der Waals surface area contributed by atoms with Gasteiger partial charge < -0.3 is 15.3 Å². The second kappa shape index (κ2) is 6.42. The number of fused-ring (bicyclic) bond motifs is 1. The summed E-state index contributed by atoms with van der Waals surface area (Å²) >= 11 is 0. The highest BCUT2D eigenvalue weighted by atomic mass is 16.4. The summed E-state index contributed by atoms with van der Waals surface area (Å²) < 4.78 is 5.49. The number of carboxylic acid groups (broad SMARTS) is 1. The molecule has 0 saturated heterocycles. The lowest BCUT2D eigenvalue weighted by molar-refractivity contribution is 0.0697. The van der Waals surface area contributed by atoms with Crippen LogP contribution in [0.4, 0.5) is 5.69 Å². The fraction of sp³-hybridized carbons (Fsp3) is 0.0526. The second-order valence-corrected chi connectivity index (χ2v) is 5.27. The first-order valence-corrected chi connectivity index (χ1v) is 7.38. The van der Waals surface area contributed by atoms with Crippen LogP contribution in [0.1, 0.15) is 21.7 Å². The molecular formula is C19H16N2O3. The Kier molecular flexibility index (Phi) is 4.16. The quantitative estimate of drug-likeness (QED) is 0.707. The number of hydrogen-bond donors (Lipinski definition) is 2. The Morgan fingerprint density at radius 1 is 1.21 bits per heavy atom. The van der Waals surface area contributed by atoms with Crippen LogP contribution in [0.2, 0.25) is 0 Å². The molecule has 1 aromatic heterocycles. The molecule has 24 heavy (non-hydrogen) atoms. The number of hydrogen-bond acceptors (Lipinski definition) is 4. The van der Waals surface area contributed by atoms with Gasteiger partial charge in [-0.1, -0.05) is 24.3 Å². The van der Waals surface area contributed by atoms with Crippen LogP contribution in [-0.2, 0) is 0 Å². The fourth-order valence-corrected chi connectivity index (χ4v) is 2.54. The molecule has 3 N–H and O–H groups in total. The SMILES string of the molecule is Cc1oc2ccc(/C(C=Nc3ccccc3)=C/N)cc2c1C(=O)O.